The molecule has 0 spiro atoms. The minimum absolute atomic E-state index is 0.0610. The monoisotopic (exact) mass is 253 g/mol. The number of carbonyl (C=O) groups is 1. The van der Waals surface area contributed by atoms with Gasteiger partial charge in [0.25, 0.3) is 0 Å². The molecule has 2 fully saturated rings. The molecule has 2 unspecified atom stereocenters. The summed E-state index contributed by atoms with van der Waals surface area (Å²) in [5, 5.41) is 0. The van der Waals surface area contributed by atoms with Crippen molar-refractivity contribution in [2.24, 2.45) is 0 Å². The molecule has 0 saturated carbocycles. The highest BCUT2D eigenvalue weighted by Gasteiger charge is 2.31. The van der Waals surface area contributed by atoms with E-state index in [9.17, 15) is 4.79 Å². The van der Waals surface area contributed by atoms with Crippen LogP contribution in [0, 0.1) is 0 Å². The van der Waals surface area contributed by atoms with Crippen molar-refractivity contribution in [2.75, 3.05) is 40.3 Å². The molecule has 0 aromatic rings. The van der Waals surface area contributed by atoms with Crippen molar-refractivity contribution in [3.05, 3.63) is 0 Å². The summed E-state index contributed by atoms with van der Waals surface area (Å²) in [4.78, 5) is 19.1. The molecule has 0 aliphatic carbocycles. The molecule has 18 heavy (non-hydrogen) atoms. The molecular weight excluding hydrogens is 226 g/mol. The van der Waals surface area contributed by atoms with E-state index in [1.165, 1.54) is 25.7 Å². The van der Waals surface area contributed by atoms with Crippen LogP contribution in [0.25, 0.3) is 0 Å². The number of rotatable bonds is 3. The number of piperidine rings is 1. The second kappa shape index (κ2) is 6.02. The molecule has 1 amide bonds. The van der Waals surface area contributed by atoms with Gasteiger partial charge < -0.3 is 9.80 Å². The Labute approximate surface area is 111 Å². The van der Waals surface area contributed by atoms with Crippen molar-refractivity contribution in [2.45, 2.75) is 44.7 Å². The van der Waals surface area contributed by atoms with E-state index < -0.39 is 0 Å². The van der Waals surface area contributed by atoms with E-state index in [0.717, 1.165) is 26.2 Å². The van der Waals surface area contributed by atoms with Crippen LogP contribution in [0.2, 0.25) is 0 Å². The number of nitrogens with zero attached hydrogens (tertiary/aromatic N) is 3. The van der Waals surface area contributed by atoms with Crippen LogP contribution in [-0.4, -0.2) is 73.0 Å². The molecule has 104 valence electrons. The van der Waals surface area contributed by atoms with Gasteiger partial charge in [0.05, 0.1) is 6.04 Å². The summed E-state index contributed by atoms with van der Waals surface area (Å²) in [6, 6.07) is 0.665. The van der Waals surface area contributed by atoms with E-state index in [1.807, 2.05) is 4.90 Å². The summed E-state index contributed by atoms with van der Waals surface area (Å²) in [6.45, 7) is 6.12. The van der Waals surface area contributed by atoms with Crippen LogP contribution in [0.3, 0.4) is 0 Å². The standard InChI is InChI=1S/C14H27N3O/c1-12(14(18)16-8-4-5-9-16)17-10-6-7-13(11-17)15(2)3/h12-13H,4-11H2,1-3H3. The van der Waals surface area contributed by atoms with Crippen molar-refractivity contribution in [3.8, 4) is 0 Å². The van der Waals surface area contributed by atoms with E-state index in [-0.39, 0.29) is 6.04 Å². The largest absolute Gasteiger partial charge is 0.341 e. The maximum absolute atomic E-state index is 12.4. The lowest BCUT2D eigenvalue weighted by Gasteiger charge is -2.39. The topological polar surface area (TPSA) is 26.8 Å². The number of carbonyl (C=O) groups excluding carboxylic acids is 1. The van der Waals surface area contributed by atoms with Crippen LogP contribution in [-0.2, 0) is 4.79 Å². The fourth-order valence-electron chi connectivity index (χ4n) is 3.11. The molecule has 2 aliphatic heterocycles. The number of likely N-dealkylation sites (N-methyl/N-ethyl adjacent to an activating group) is 1. The maximum Gasteiger partial charge on any atom is 0.239 e. The van der Waals surface area contributed by atoms with E-state index in [1.54, 1.807) is 0 Å². The lowest BCUT2D eigenvalue weighted by molar-refractivity contribution is -0.136. The molecular formula is C14H27N3O. The molecule has 2 atom stereocenters. The van der Waals surface area contributed by atoms with Crippen molar-refractivity contribution < 1.29 is 4.79 Å². The second-order valence-electron chi connectivity index (χ2n) is 5.96. The van der Waals surface area contributed by atoms with E-state index in [4.69, 9.17) is 0 Å². The van der Waals surface area contributed by atoms with E-state index in [0.29, 0.717) is 11.9 Å². The maximum atomic E-state index is 12.4. The normalized spacial score (nSPS) is 27.8. The van der Waals surface area contributed by atoms with Crippen LogP contribution in [0.15, 0.2) is 0 Å². The summed E-state index contributed by atoms with van der Waals surface area (Å²) >= 11 is 0. The first-order valence-corrected chi connectivity index (χ1v) is 7.29. The first kappa shape index (κ1) is 13.8. The Kier molecular flexibility index (Phi) is 4.62. The highest BCUT2D eigenvalue weighted by Crippen LogP contribution is 2.18. The lowest BCUT2D eigenvalue weighted by atomic mass is 10.0. The SMILES string of the molecule is CC(C(=O)N1CCCC1)N1CCCC(N(C)C)C1. The number of hydrogen-bond donors (Lipinski definition) is 0. The van der Waals surface area contributed by atoms with Gasteiger partial charge in [-0.05, 0) is 53.2 Å². The van der Waals surface area contributed by atoms with Gasteiger partial charge in [0.2, 0.25) is 5.91 Å². The van der Waals surface area contributed by atoms with Gasteiger partial charge >= 0.3 is 0 Å². The Morgan fingerprint density at radius 1 is 1.17 bits per heavy atom. The van der Waals surface area contributed by atoms with Gasteiger partial charge in [0.1, 0.15) is 0 Å². The zero-order valence-corrected chi connectivity index (χ0v) is 12.1. The van der Waals surface area contributed by atoms with Gasteiger partial charge in [0.15, 0.2) is 0 Å². The van der Waals surface area contributed by atoms with Crippen LogP contribution in [0.1, 0.15) is 32.6 Å². The number of amides is 1. The molecule has 4 heteroatoms. The molecule has 2 aliphatic rings. The minimum Gasteiger partial charge on any atom is -0.341 e. The van der Waals surface area contributed by atoms with Crippen molar-refractivity contribution in [1.82, 2.24) is 14.7 Å². The molecule has 0 radical (unpaired) electrons. The van der Waals surface area contributed by atoms with E-state index >= 15 is 0 Å². The predicted molar refractivity (Wildman–Crippen MR) is 73.6 cm³/mol. The van der Waals surface area contributed by atoms with Gasteiger partial charge in [-0.2, -0.15) is 0 Å². The van der Waals surface area contributed by atoms with Crippen LogP contribution in [0.4, 0.5) is 0 Å². The van der Waals surface area contributed by atoms with Gasteiger partial charge in [-0.1, -0.05) is 0 Å². The first-order valence-electron chi connectivity index (χ1n) is 7.29. The summed E-state index contributed by atoms with van der Waals surface area (Å²) in [5.74, 6) is 0.340. The molecule has 2 saturated heterocycles. The Bertz CT molecular complexity index is 287. The highest BCUT2D eigenvalue weighted by atomic mass is 16.2. The molecule has 4 nitrogen and oxygen atoms in total. The van der Waals surface area contributed by atoms with Gasteiger partial charge in [-0.25, -0.2) is 0 Å². The average molecular weight is 253 g/mol. The molecule has 0 aromatic carbocycles. The Morgan fingerprint density at radius 2 is 1.83 bits per heavy atom. The Balaban J connectivity index is 1.91. The molecule has 0 aromatic heterocycles. The second-order valence-corrected chi connectivity index (χ2v) is 5.96. The van der Waals surface area contributed by atoms with Crippen molar-refractivity contribution >= 4 is 5.91 Å². The van der Waals surface area contributed by atoms with E-state index in [2.05, 4.69) is 30.8 Å². The van der Waals surface area contributed by atoms with Gasteiger partial charge in [-0.3, -0.25) is 9.69 Å². The van der Waals surface area contributed by atoms with Gasteiger partial charge in [0, 0.05) is 25.7 Å². The third-order valence-electron chi connectivity index (χ3n) is 4.48. The summed E-state index contributed by atoms with van der Waals surface area (Å²) in [7, 11) is 4.28. The molecule has 2 heterocycles. The number of hydrogen-bond acceptors (Lipinski definition) is 3. The fourth-order valence-corrected chi connectivity index (χ4v) is 3.11. The Hall–Kier alpha value is -0.610. The summed E-state index contributed by atoms with van der Waals surface area (Å²) in [5.41, 5.74) is 0. The fraction of sp³-hybridized carbons (Fsp3) is 0.929. The lowest BCUT2D eigenvalue weighted by Crippen LogP contribution is -2.53. The smallest absolute Gasteiger partial charge is 0.239 e. The zero-order valence-electron chi connectivity index (χ0n) is 12.1. The van der Waals surface area contributed by atoms with Crippen LogP contribution < -0.4 is 0 Å². The third-order valence-corrected chi connectivity index (χ3v) is 4.48. The predicted octanol–water partition coefficient (Wildman–Crippen LogP) is 1.02. The molecule has 0 bridgehead atoms. The zero-order chi connectivity index (χ0) is 13.1. The Morgan fingerprint density at radius 3 is 2.44 bits per heavy atom. The van der Waals surface area contributed by atoms with Crippen molar-refractivity contribution in [1.29, 1.82) is 0 Å². The quantitative estimate of drug-likeness (QED) is 0.751. The van der Waals surface area contributed by atoms with Crippen molar-refractivity contribution in [3.63, 3.8) is 0 Å². The highest BCUT2D eigenvalue weighted by molar-refractivity contribution is 5.81. The van der Waals surface area contributed by atoms with Crippen LogP contribution in [0.5, 0.6) is 0 Å². The molecule has 0 N–H and O–H groups in total. The third kappa shape index (κ3) is 3.04. The average Bonchev–Trinajstić information content (AvgIpc) is 2.91. The number of likely N-dealkylation sites (tertiary alicyclic amines) is 2. The summed E-state index contributed by atoms with van der Waals surface area (Å²) in [6.07, 6.45) is 4.83. The molecule has 2 rings (SSSR count). The summed E-state index contributed by atoms with van der Waals surface area (Å²) < 4.78 is 0. The van der Waals surface area contributed by atoms with Gasteiger partial charge in [-0.15, -0.1) is 0 Å². The van der Waals surface area contributed by atoms with Crippen LogP contribution >= 0.6 is 0 Å². The first-order chi connectivity index (χ1) is 8.59. The minimum atomic E-state index is 0.0610.